The number of rotatable bonds is 9. The normalized spacial score (nSPS) is 16.4. The minimum Gasteiger partial charge on any atom is -0.497 e. The second-order valence-corrected chi connectivity index (χ2v) is 7.55. The molecular weight excluding hydrogens is 378 g/mol. The topological polar surface area (TPSA) is 64.1 Å². The minimum atomic E-state index is 0.481. The third-order valence-corrected chi connectivity index (χ3v) is 5.09. The molecule has 0 amide bonds. The number of benzene rings is 2. The quantitative estimate of drug-likeness (QED) is 0.487. The van der Waals surface area contributed by atoms with Crippen LogP contribution in [0.5, 0.6) is 11.5 Å². The number of guanidine groups is 1. The average molecular weight is 412 g/mol. The summed E-state index contributed by atoms with van der Waals surface area (Å²) in [6.45, 7) is 8.52. The summed E-state index contributed by atoms with van der Waals surface area (Å²) in [6, 6.07) is 14.3. The third kappa shape index (κ3) is 6.66. The number of hydrogen-bond acceptors (Lipinski definition) is 4. The van der Waals surface area contributed by atoms with Gasteiger partial charge in [-0.2, -0.15) is 0 Å². The van der Waals surface area contributed by atoms with Crippen LogP contribution in [0.1, 0.15) is 30.0 Å². The van der Waals surface area contributed by atoms with Crippen molar-refractivity contribution in [1.82, 2.24) is 10.6 Å². The number of methoxy groups -OCH3 is 1. The largest absolute Gasteiger partial charge is 0.497 e. The van der Waals surface area contributed by atoms with E-state index < -0.39 is 0 Å². The Balaban J connectivity index is 1.61. The molecule has 0 radical (unpaired) electrons. The Bertz CT molecular complexity index is 815. The first-order chi connectivity index (χ1) is 14.7. The summed E-state index contributed by atoms with van der Waals surface area (Å²) in [7, 11) is 1.67. The van der Waals surface area contributed by atoms with E-state index in [1.807, 2.05) is 24.3 Å². The van der Waals surface area contributed by atoms with Gasteiger partial charge in [-0.25, -0.2) is 4.99 Å². The van der Waals surface area contributed by atoms with Crippen LogP contribution in [0.25, 0.3) is 0 Å². The highest BCUT2D eigenvalue weighted by Crippen LogP contribution is 2.22. The van der Waals surface area contributed by atoms with Crippen molar-refractivity contribution in [3.8, 4) is 11.5 Å². The van der Waals surface area contributed by atoms with Crippen molar-refractivity contribution in [2.45, 2.75) is 33.4 Å². The van der Waals surface area contributed by atoms with E-state index in [0.717, 1.165) is 54.8 Å². The number of ether oxygens (including phenoxy) is 3. The smallest absolute Gasteiger partial charge is 0.191 e. The fourth-order valence-corrected chi connectivity index (χ4v) is 3.29. The van der Waals surface area contributed by atoms with Gasteiger partial charge in [0.05, 0.1) is 26.9 Å². The predicted octanol–water partition coefficient (Wildman–Crippen LogP) is 3.67. The number of hydrogen-bond donors (Lipinski definition) is 2. The lowest BCUT2D eigenvalue weighted by Crippen LogP contribution is -2.36. The van der Waals surface area contributed by atoms with Gasteiger partial charge in [-0.05, 0) is 49.6 Å². The lowest BCUT2D eigenvalue weighted by molar-refractivity contribution is 0.166. The molecule has 1 aliphatic heterocycles. The number of nitrogens with zero attached hydrogens (tertiary/aromatic N) is 1. The van der Waals surface area contributed by atoms with Crippen molar-refractivity contribution < 1.29 is 14.2 Å². The molecule has 1 aliphatic rings. The summed E-state index contributed by atoms with van der Waals surface area (Å²) in [5, 5.41) is 6.74. The van der Waals surface area contributed by atoms with Gasteiger partial charge in [0.15, 0.2) is 5.96 Å². The van der Waals surface area contributed by atoms with Crippen LogP contribution in [0, 0.1) is 12.8 Å². The van der Waals surface area contributed by atoms with Crippen molar-refractivity contribution in [2.75, 3.05) is 33.5 Å². The van der Waals surface area contributed by atoms with E-state index in [1.165, 1.54) is 5.56 Å². The summed E-state index contributed by atoms with van der Waals surface area (Å²) >= 11 is 0. The van der Waals surface area contributed by atoms with E-state index in [2.05, 4.69) is 42.7 Å². The van der Waals surface area contributed by atoms with Gasteiger partial charge >= 0.3 is 0 Å². The second-order valence-electron chi connectivity index (χ2n) is 7.55. The maximum atomic E-state index is 6.15. The minimum absolute atomic E-state index is 0.481. The number of aryl methyl sites for hydroxylation is 1. The Kier molecular flexibility index (Phi) is 8.39. The molecule has 162 valence electrons. The molecule has 0 bridgehead atoms. The lowest BCUT2D eigenvalue weighted by Gasteiger charge is -2.17. The molecule has 6 nitrogen and oxygen atoms in total. The Labute approximate surface area is 179 Å². The van der Waals surface area contributed by atoms with E-state index in [4.69, 9.17) is 19.2 Å². The Morgan fingerprint density at radius 3 is 2.70 bits per heavy atom. The van der Waals surface area contributed by atoms with E-state index >= 15 is 0 Å². The van der Waals surface area contributed by atoms with Crippen molar-refractivity contribution in [2.24, 2.45) is 10.9 Å². The molecule has 6 heteroatoms. The van der Waals surface area contributed by atoms with Gasteiger partial charge < -0.3 is 24.8 Å². The molecule has 1 fully saturated rings. The molecule has 30 heavy (non-hydrogen) atoms. The fraction of sp³-hybridized carbons (Fsp3) is 0.458. The maximum absolute atomic E-state index is 6.15. The molecular formula is C24H33N3O3. The zero-order valence-corrected chi connectivity index (χ0v) is 18.2. The SMILES string of the molecule is CCNC(=NCc1ccc(OC)cc1)NCc1ccc(C)cc1OCC1CCOC1. The van der Waals surface area contributed by atoms with Crippen LogP contribution in [-0.2, 0) is 17.8 Å². The molecule has 0 saturated carbocycles. The number of aliphatic imine (C=N–C) groups is 1. The van der Waals surface area contributed by atoms with Crippen molar-refractivity contribution >= 4 is 5.96 Å². The first-order valence-electron chi connectivity index (χ1n) is 10.6. The van der Waals surface area contributed by atoms with Gasteiger partial charge in [0, 0.05) is 31.2 Å². The molecule has 1 saturated heterocycles. The van der Waals surface area contributed by atoms with Crippen LogP contribution in [0.4, 0.5) is 0 Å². The van der Waals surface area contributed by atoms with Crippen molar-refractivity contribution in [1.29, 1.82) is 0 Å². The first kappa shape index (κ1) is 22.0. The van der Waals surface area contributed by atoms with Crippen molar-refractivity contribution in [3.05, 3.63) is 59.2 Å². The molecule has 0 aliphatic carbocycles. The summed E-state index contributed by atoms with van der Waals surface area (Å²) in [6.07, 6.45) is 1.07. The zero-order valence-electron chi connectivity index (χ0n) is 18.2. The maximum Gasteiger partial charge on any atom is 0.191 e. The van der Waals surface area contributed by atoms with Gasteiger partial charge in [0.1, 0.15) is 11.5 Å². The molecule has 2 aromatic rings. The van der Waals surface area contributed by atoms with Gasteiger partial charge in [-0.15, -0.1) is 0 Å². The van der Waals surface area contributed by atoms with Crippen LogP contribution >= 0.6 is 0 Å². The van der Waals surface area contributed by atoms with Crippen LogP contribution in [0.2, 0.25) is 0 Å². The molecule has 0 spiro atoms. The monoisotopic (exact) mass is 411 g/mol. The highest BCUT2D eigenvalue weighted by Gasteiger charge is 2.17. The highest BCUT2D eigenvalue weighted by molar-refractivity contribution is 5.79. The average Bonchev–Trinajstić information content (AvgIpc) is 3.29. The van der Waals surface area contributed by atoms with Crippen LogP contribution in [0.3, 0.4) is 0 Å². The Morgan fingerprint density at radius 1 is 1.17 bits per heavy atom. The molecule has 1 unspecified atom stereocenters. The molecule has 1 atom stereocenters. The summed E-state index contributed by atoms with van der Waals surface area (Å²) in [5.41, 5.74) is 3.44. The Morgan fingerprint density at radius 2 is 2.00 bits per heavy atom. The summed E-state index contributed by atoms with van der Waals surface area (Å²) in [5.74, 6) is 3.04. The number of nitrogens with one attached hydrogen (secondary N) is 2. The molecule has 3 rings (SSSR count). The van der Waals surface area contributed by atoms with Gasteiger partial charge in [0.25, 0.3) is 0 Å². The fourth-order valence-electron chi connectivity index (χ4n) is 3.29. The van der Waals surface area contributed by atoms with Crippen LogP contribution < -0.4 is 20.1 Å². The van der Waals surface area contributed by atoms with Crippen LogP contribution in [-0.4, -0.2) is 39.4 Å². The molecule has 2 aromatic carbocycles. The van der Waals surface area contributed by atoms with Gasteiger partial charge in [-0.1, -0.05) is 24.3 Å². The highest BCUT2D eigenvalue weighted by atomic mass is 16.5. The second kappa shape index (κ2) is 11.5. The lowest BCUT2D eigenvalue weighted by atomic mass is 10.1. The summed E-state index contributed by atoms with van der Waals surface area (Å²) in [4.78, 5) is 4.71. The zero-order chi connectivity index (χ0) is 21.2. The Hall–Kier alpha value is -2.73. The van der Waals surface area contributed by atoms with E-state index in [1.54, 1.807) is 7.11 Å². The summed E-state index contributed by atoms with van der Waals surface area (Å²) < 4.78 is 16.8. The van der Waals surface area contributed by atoms with E-state index in [-0.39, 0.29) is 0 Å². The predicted molar refractivity (Wildman–Crippen MR) is 120 cm³/mol. The molecule has 2 N–H and O–H groups in total. The van der Waals surface area contributed by atoms with Crippen LogP contribution in [0.15, 0.2) is 47.5 Å². The van der Waals surface area contributed by atoms with Gasteiger partial charge in [-0.3, -0.25) is 0 Å². The van der Waals surface area contributed by atoms with E-state index in [9.17, 15) is 0 Å². The standard InChI is InChI=1S/C24H33N3O3/c1-4-25-24(26-14-19-6-9-22(28-3)10-7-19)27-15-21-8-5-18(2)13-23(21)30-17-20-11-12-29-16-20/h5-10,13,20H,4,11-12,14-17H2,1-3H3,(H2,25,26,27). The molecule has 1 heterocycles. The third-order valence-electron chi connectivity index (χ3n) is 5.09. The first-order valence-corrected chi connectivity index (χ1v) is 10.6. The molecule has 0 aromatic heterocycles. The van der Waals surface area contributed by atoms with Gasteiger partial charge in [0.2, 0.25) is 0 Å². The van der Waals surface area contributed by atoms with Crippen molar-refractivity contribution in [3.63, 3.8) is 0 Å². The van der Waals surface area contributed by atoms with E-state index in [0.29, 0.717) is 25.6 Å².